The van der Waals surface area contributed by atoms with Crippen molar-refractivity contribution in [1.82, 2.24) is 10.0 Å². The van der Waals surface area contributed by atoms with Crippen LogP contribution in [0.15, 0.2) is 23.1 Å². The maximum atomic E-state index is 12.0. The second-order valence-electron chi connectivity index (χ2n) is 4.29. The molecule has 1 atom stereocenters. The van der Waals surface area contributed by atoms with Gasteiger partial charge in [-0.15, -0.1) is 12.4 Å². The molecule has 0 aromatic heterocycles. The van der Waals surface area contributed by atoms with Gasteiger partial charge < -0.3 is 5.32 Å². The smallest absolute Gasteiger partial charge is 0.240 e. The van der Waals surface area contributed by atoms with Gasteiger partial charge in [-0.25, -0.2) is 13.1 Å². The average Bonchev–Trinajstić information content (AvgIpc) is 2.83. The van der Waals surface area contributed by atoms with Crippen LogP contribution in [0.1, 0.15) is 6.42 Å². The second-order valence-corrected chi connectivity index (χ2v) is 6.87. The summed E-state index contributed by atoms with van der Waals surface area (Å²) in [4.78, 5) is 0.142. The lowest BCUT2D eigenvalue weighted by atomic mass is 10.1. The van der Waals surface area contributed by atoms with E-state index in [9.17, 15) is 8.42 Å². The van der Waals surface area contributed by atoms with Crippen LogP contribution in [0, 0.1) is 5.92 Å². The molecule has 0 bridgehead atoms. The monoisotopic (exact) mass is 344 g/mol. The Hall–Kier alpha value is -0.0400. The van der Waals surface area contributed by atoms with Crippen molar-refractivity contribution in [2.75, 3.05) is 19.6 Å². The number of sulfonamides is 1. The van der Waals surface area contributed by atoms with E-state index in [0.29, 0.717) is 17.5 Å². The molecule has 0 amide bonds. The fraction of sp³-hybridized carbons (Fsp3) is 0.455. The maximum Gasteiger partial charge on any atom is 0.240 e. The molecule has 0 aliphatic carbocycles. The lowest BCUT2D eigenvalue weighted by molar-refractivity contribution is 0.539. The van der Waals surface area contributed by atoms with E-state index in [1.165, 1.54) is 18.2 Å². The molecule has 0 saturated carbocycles. The Morgan fingerprint density at radius 2 is 2.05 bits per heavy atom. The van der Waals surface area contributed by atoms with Crippen molar-refractivity contribution in [3.05, 3.63) is 28.2 Å². The summed E-state index contributed by atoms with van der Waals surface area (Å²) < 4.78 is 26.6. The highest BCUT2D eigenvalue weighted by Crippen LogP contribution is 2.24. The van der Waals surface area contributed by atoms with E-state index in [4.69, 9.17) is 23.2 Å². The first-order chi connectivity index (χ1) is 8.49. The lowest BCUT2D eigenvalue weighted by Gasteiger charge is -2.11. The van der Waals surface area contributed by atoms with Gasteiger partial charge >= 0.3 is 0 Å². The molecule has 1 heterocycles. The van der Waals surface area contributed by atoms with Crippen molar-refractivity contribution in [1.29, 1.82) is 0 Å². The number of hydrogen-bond acceptors (Lipinski definition) is 3. The Morgan fingerprint density at radius 1 is 1.32 bits per heavy atom. The highest BCUT2D eigenvalue weighted by molar-refractivity contribution is 7.89. The molecule has 1 aliphatic heterocycles. The molecular formula is C11H15Cl3N2O2S. The second kappa shape index (κ2) is 7.11. The summed E-state index contributed by atoms with van der Waals surface area (Å²) in [6, 6.07) is 4.29. The van der Waals surface area contributed by atoms with Crippen LogP contribution in [-0.4, -0.2) is 28.1 Å². The zero-order chi connectivity index (χ0) is 13.2. The number of benzene rings is 1. The topological polar surface area (TPSA) is 58.2 Å². The van der Waals surface area contributed by atoms with Gasteiger partial charge in [0.2, 0.25) is 10.0 Å². The molecular weight excluding hydrogens is 331 g/mol. The summed E-state index contributed by atoms with van der Waals surface area (Å²) >= 11 is 11.6. The molecule has 2 rings (SSSR count). The summed E-state index contributed by atoms with van der Waals surface area (Å²) in [6.07, 6.45) is 0.990. The molecule has 1 aliphatic rings. The maximum absolute atomic E-state index is 12.0. The minimum atomic E-state index is -3.51. The first-order valence-corrected chi connectivity index (χ1v) is 7.88. The Kier molecular flexibility index (Phi) is 6.36. The number of halogens is 3. The van der Waals surface area contributed by atoms with Crippen molar-refractivity contribution in [3.8, 4) is 0 Å². The fourth-order valence-corrected chi connectivity index (χ4v) is 3.35. The first kappa shape index (κ1) is 17.0. The molecule has 0 radical (unpaired) electrons. The van der Waals surface area contributed by atoms with Crippen molar-refractivity contribution in [3.63, 3.8) is 0 Å². The van der Waals surface area contributed by atoms with Crippen LogP contribution < -0.4 is 10.0 Å². The Labute approximate surface area is 129 Å². The third-order valence-corrected chi connectivity index (χ3v) is 5.09. The van der Waals surface area contributed by atoms with E-state index in [1.807, 2.05) is 0 Å². The fourth-order valence-electron chi connectivity index (χ4n) is 1.84. The van der Waals surface area contributed by atoms with Gasteiger partial charge in [0.05, 0.1) is 14.9 Å². The van der Waals surface area contributed by atoms with Crippen molar-refractivity contribution < 1.29 is 8.42 Å². The third-order valence-electron chi connectivity index (χ3n) is 2.93. The zero-order valence-electron chi connectivity index (χ0n) is 10.0. The quantitative estimate of drug-likeness (QED) is 0.880. The van der Waals surface area contributed by atoms with E-state index >= 15 is 0 Å². The number of rotatable bonds is 4. The van der Waals surface area contributed by atoms with Crippen LogP contribution in [0.2, 0.25) is 10.0 Å². The van der Waals surface area contributed by atoms with Crippen molar-refractivity contribution in [2.45, 2.75) is 11.3 Å². The van der Waals surface area contributed by atoms with Crippen LogP contribution in [-0.2, 0) is 10.0 Å². The van der Waals surface area contributed by atoms with E-state index in [2.05, 4.69) is 10.0 Å². The summed E-state index contributed by atoms with van der Waals surface area (Å²) in [6.45, 7) is 2.23. The lowest BCUT2D eigenvalue weighted by Crippen LogP contribution is -2.30. The molecule has 2 N–H and O–H groups in total. The van der Waals surface area contributed by atoms with Gasteiger partial charge in [0.15, 0.2) is 0 Å². The Morgan fingerprint density at radius 3 is 2.63 bits per heavy atom. The summed E-state index contributed by atoms with van der Waals surface area (Å²) in [5, 5.41) is 3.77. The van der Waals surface area contributed by atoms with Gasteiger partial charge in [-0.05, 0) is 43.6 Å². The molecule has 1 fully saturated rings. The molecule has 1 unspecified atom stereocenters. The predicted molar refractivity (Wildman–Crippen MR) is 79.9 cm³/mol. The van der Waals surface area contributed by atoms with E-state index in [0.717, 1.165) is 19.5 Å². The van der Waals surface area contributed by atoms with Gasteiger partial charge in [-0.2, -0.15) is 0 Å². The van der Waals surface area contributed by atoms with Gasteiger partial charge in [-0.1, -0.05) is 23.2 Å². The molecule has 1 aromatic carbocycles. The van der Waals surface area contributed by atoms with E-state index in [-0.39, 0.29) is 22.3 Å². The van der Waals surface area contributed by atoms with E-state index < -0.39 is 10.0 Å². The molecule has 4 nitrogen and oxygen atoms in total. The molecule has 1 aromatic rings. The number of hydrogen-bond donors (Lipinski definition) is 2. The van der Waals surface area contributed by atoms with Gasteiger partial charge in [-0.3, -0.25) is 0 Å². The van der Waals surface area contributed by atoms with E-state index in [1.54, 1.807) is 0 Å². The average molecular weight is 346 g/mol. The van der Waals surface area contributed by atoms with Crippen LogP contribution in [0.5, 0.6) is 0 Å². The van der Waals surface area contributed by atoms with Crippen LogP contribution in [0.25, 0.3) is 0 Å². The van der Waals surface area contributed by atoms with Gasteiger partial charge in [0.1, 0.15) is 0 Å². The normalized spacial score (nSPS) is 19.2. The standard InChI is InChI=1S/C11H14Cl2N2O2S.ClH/c12-10-2-1-9(5-11(10)13)18(16,17)15-7-8-3-4-14-6-8;/h1-2,5,8,14-15H,3-4,6-7H2;1H. The summed E-state index contributed by atoms with van der Waals surface area (Å²) in [7, 11) is -3.51. The van der Waals surface area contributed by atoms with Gasteiger partial charge in [0, 0.05) is 6.54 Å². The predicted octanol–water partition coefficient (Wildman–Crippen LogP) is 2.30. The Balaban J connectivity index is 0.00000180. The molecule has 0 spiro atoms. The van der Waals surface area contributed by atoms with Crippen LogP contribution in [0.3, 0.4) is 0 Å². The minimum Gasteiger partial charge on any atom is -0.316 e. The highest BCUT2D eigenvalue weighted by atomic mass is 35.5. The zero-order valence-corrected chi connectivity index (χ0v) is 13.2. The van der Waals surface area contributed by atoms with Gasteiger partial charge in [0.25, 0.3) is 0 Å². The third kappa shape index (κ3) is 4.48. The van der Waals surface area contributed by atoms with Crippen molar-refractivity contribution in [2.24, 2.45) is 5.92 Å². The van der Waals surface area contributed by atoms with Crippen LogP contribution in [0.4, 0.5) is 0 Å². The highest BCUT2D eigenvalue weighted by Gasteiger charge is 2.20. The minimum absolute atomic E-state index is 0. The summed E-state index contributed by atoms with van der Waals surface area (Å²) in [5.41, 5.74) is 0. The molecule has 8 heteroatoms. The molecule has 19 heavy (non-hydrogen) atoms. The van der Waals surface area contributed by atoms with Crippen molar-refractivity contribution >= 4 is 45.6 Å². The molecule has 108 valence electrons. The van der Waals surface area contributed by atoms with Crippen LogP contribution >= 0.6 is 35.6 Å². The number of nitrogens with one attached hydrogen (secondary N) is 2. The first-order valence-electron chi connectivity index (χ1n) is 5.64. The largest absolute Gasteiger partial charge is 0.316 e. The summed E-state index contributed by atoms with van der Waals surface area (Å²) in [5.74, 6) is 0.350. The SMILES string of the molecule is Cl.O=S(=O)(NCC1CCNC1)c1ccc(Cl)c(Cl)c1. The molecule has 1 saturated heterocycles. The Bertz CT molecular complexity index is 531.